The maximum absolute atomic E-state index is 13.7. The Labute approximate surface area is 116 Å². The Morgan fingerprint density at radius 2 is 2.10 bits per heavy atom. The van der Waals surface area contributed by atoms with Gasteiger partial charge in [-0.15, -0.1) is 5.10 Å². The number of alkyl halides is 3. The molecule has 1 aromatic carbocycles. The molecular weight excluding hydrogens is 294 g/mol. The number of aromatic nitrogens is 3. The minimum absolute atomic E-state index is 0.159. The van der Waals surface area contributed by atoms with Crippen molar-refractivity contribution >= 4 is 5.78 Å². The highest BCUT2D eigenvalue weighted by Crippen LogP contribution is 2.20. The Balaban J connectivity index is 2.18. The van der Waals surface area contributed by atoms with Gasteiger partial charge in [-0.2, -0.15) is 13.2 Å². The minimum Gasteiger partial charge on any atom is -0.497 e. The van der Waals surface area contributed by atoms with E-state index in [1.54, 1.807) is 0 Å². The number of hydrogen-bond acceptors (Lipinski definition) is 4. The average Bonchev–Trinajstić information content (AvgIpc) is 2.87. The number of hydrogen-bond donors (Lipinski definition) is 0. The number of carbonyl (C=O) groups excluding carboxylic acids is 1. The molecule has 2 aromatic rings. The Kier molecular flexibility index (Phi) is 3.92. The van der Waals surface area contributed by atoms with Crippen molar-refractivity contribution in [3.8, 4) is 5.75 Å². The molecule has 0 amide bonds. The predicted molar refractivity (Wildman–Crippen MR) is 62.5 cm³/mol. The molecule has 0 N–H and O–H groups in total. The predicted octanol–water partition coefficient (Wildman–Crippen LogP) is 2.22. The van der Waals surface area contributed by atoms with Gasteiger partial charge in [0, 0.05) is 11.6 Å². The normalized spacial score (nSPS) is 11.5. The highest BCUT2D eigenvalue weighted by Gasteiger charge is 2.41. The van der Waals surface area contributed by atoms with Crippen LogP contribution in [0.3, 0.4) is 0 Å². The van der Waals surface area contributed by atoms with Crippen LogP contribution in [0, 0.1) is 5.82 Å². The fourth-order valence-corrected chi connectivity index (χ4v) is 1.58. The molecule has 0 aliphatic rings. The first-order valence-corrected chi connectivity index (χ1v) is 5.65. The van der Waals surface area contributed by atoms with E-state index in [0.29, 0.717) is 5.75 Å². The largest absolute Gasteiger partial charge is 0.497 e. The Morgan fingerprint density at radius 1 is 1.38 bits per heavy atom. The third kappa shape index (κ3) is 3.36. The first-order chi connectivity index (χ1) is 9.81. The highest BCUT2D eigenvalue weighted by molar-refractivity contribution is 5.98. The Bertz CT molecular complexity index is 667. The van der Waals surface area contributed by atoms with Gasteiger partial charge in [-0.25, -0.2) is 9.07 Å². The van der Waals surface area contributed by atoms with Crippen molar-refractivity contribution in [1.29, 1.82) is 0 Å². The van der Waals surface area contributed by atoms with Crippen molar-refractivity contribution in [2.75, 3.05) is 7.11 Å². The quantitative estimate of drug-likeness (QED) is 0.642. The summed E-state index contributed by atoms with van der Waals surface area (Å²) in [6.07, 6.45) is -4.20. The molecule has 0 radical (unpaired) electrons. The Morgan fingerprint density at radius 3 is 2.67 bits per heavy atom. The molecule has 0 aliphatic heterocycles. The maximum Gasteiger partial charge on any atom is 0.456 e. The topological polar surface area (TPSA) is 57.0 Å². The van der Waals surface area contributed by atoms with Gasteiger partial charge in [-0.3, -0.25) is 4.79 Å². The first kappa shape index (κ1) is 14.9. The van der Waals surface area contributed by atoms with Crippen molar-refractivity contribution in [3.05, 3.63) is 41.5 Å². The molecule has 0 saturated heterocycles. The lowest BCUT2D eigenvalue weighted by Gasteiger charge is -2.05. The van der Waals surface area contributed by atoms with Crippen LogP contribution in [0.15, 0.2) is 24.4 Å². The fourth-order valence-electron chi connectivity index (χ4n) is 1.58. The van der Waals surface area contributed by atoms with Crippen LogP contribution in [0.25, 0.3) is 0 Å². The van der Waals surface area contributed by atoms with Crippen molar-refractivity contribution in [1.82, 2.24) is 15.0 Å². The minimum atomic E-state index is -5.02. The molecular formula is C12H9F4N3O2. The SMILES string of the molecule is COc1ccc(Cn2cc(C(=O)C(F)(F)F)nn2)c(F)c1. The van der Waals surface area contributed by atoms with Gasteiger partial charge < -0.3 is 4.74 Å². The third-order valence-electron chi connectivity index (χ3n) is 2.62. The smallest absolute Gasteiger partial charge is 0.456 e. The van der Waals surface area contributed by atoms with Gasteiger partial charge in [0.05, 0.1) is 19.9 Å². The molecule has 0 fully saturated rings. The molecule has 21 heavy (non-hydrogen) atoms. The second kappa shape index (κ2) is 5.51. The lowest BCUT2D eigenvalue weighted by atomic mass is 10.2. The zero-order valence-corrected chi connectivity index (χ0v) is 10.7. The summed E-state index contributed by atoms with van der Waals surface area (Å²) in [5.41, 5.74) is -0.664. The summed E-state index contributed by atoms with van der Waals surface area (Å²) in [7, 11) is 1.38. The molecule has 0 saturated carbocycles. The van der Waals surface area contributed by atoms with Crippen LogP contribution >= 0.6 is 0 Å². The number of benzene rings is 1. The summed E-state index contributed by atoms with van der Waals surface area (Å²) in [5.74, 6) is -2.39. The number of Topliss-reactive ketones (excluding diaryl/α,β-unsaturated/α-hetero) is 1. The van der Waals surface area contributed by atoms with Gasteiger partial charge in [-0.1, -0.05) is 11.3 Å². The maximum atomic E-state index is 13.7. The molecule has 1 aromatic heterocycles. The van der Waals surface area contributed by atoms with Gasteiger partial charge in [0.15, 0.2) is 5.69 Å². The Hall–Kier alpha value is -2.45. The monoisotopic (exact) mass is 303 g/mol. The molecule has 9 heteroatoms. The lowest BCUT2D eigenvalue weighted by molar-refractivity contribution is -0.0888. The van der Waals surface area contributed by atoms with Crippen molar-refractivity contribution in [2.45, 2.75) is 12.7 Å². The zero-order chi connectivity index (χ0) is 15.6. The molecule has 5 nitrogen and oxygen atoms in total. The first-order valence-electron chi connectivity index (χ1n) is 5.65. The number of ether oxygens (including phenoxy) is 1. The zero-order valence-electron chi connectivity index (χ0n) is 10.7. The van der Waals surface area contributed by atoms with E-state index in [-0.39, 0.29) is 12.1 Å². The van der Waals surface area contributed by atoms with Crippen LogP contribution in [0.2, 0.25) is 0 Å². The summed E-state index contributed by atoms with van der Waals surface area (Å²) in [6.45, 7) is -0.159. The number of carbonyl (C=O) groups is 1. The number of ketones is 1. The van der Waals surface area contributed by atoms with E-state index in [2.05, 4.69) is 10.3 Å². The van der Waals surface area contributed by atoms with E-state index in [4.69, 9.17) is 4.74 Å². The van der Waals surface area contributed by atoms with E-state index in [9.17, 15) is 22.4 Å². The summed E-state index contributed by atoms with van der Waals surface area (Å²) in [4.78, 5) is 11.0. The number of halogens is 4. The molecule has 0 atom stereocenters. The summed E-state index contributed by atoms with van der Waals surface area (Å²) < 4.78 is 56.1. The van der Waals surface area contributed by atoms with E-state index < -0.39 is 23.5 Å². The standard InChI is InChI=1S/C12H9F4N3O2/c1-21-8-3-2-7(9(13)4-8)5-19-6-10(17-18-19)11(20)12(14,15)16/h2-4,6H,5H2,1H3. The van der Waals surface area contributed by atoms with Crippen LogP contribution in [0.5, 0.6) is 5.75 Å². The summed E-state index contributed by atoms with van der Waals surface area (Å²) in [5, 5.41) is 6.52. The highest BCUT2D eigenvalue weighted by atomic mass is 19.4. The van der Waals surface area contributed by atoms with Crippen LogP contribution in [-0.2, 0) is 6.54 Å². The molecule has 0 spiro atoms. The fraction of sp³-hybridized carbons (Fsp3) is 0.250. The summed E-state index contributed by atoms with van der Waals surface area (Å²) in [6, 6.07) is 4.03. The van der Waals surface area contributed by atoms with E-state index >= 15 is 0 Å². The van der Waals surface area contributed by atoms with Crippen LogP contribution in [-0.4, -0.2) is 34.1 Å². The second-order valence-electron chi connectivity index (χ2n) is 4.09. The van der Waals surface area contributed by atoms with E-state index in [0.717, 1.165) is 16.9 Å². The van der Waals surface area contributed by atoms with Gasteiger partial charge in [0.25, 0.3) is 5.78 Å². The number of nitrogens with zero attached hydrogens (tertiary/aromatic N) is 3. The molecule has 1 heterocycles. The average molecular weight is 303 g/mol. The van der Waals surface area contributed by atoms with Crippen molar-refractivity contribution in [2.24, 2.45) is 0 Å². The number of rotatable bonds is 4. The molecule has 0 unspecified atom stereocenters. The van der Waals surface area contributed by atoms with Crippen molar-refractivity contribution in [3.63, 3.8) is 0 Å². The van der Waals surface area contributed by atoms with Gasteiger partial charge in [-0.05, 0) is 6.07 Å². The van der Waals surface area contributed by atoms with Crippen molar-refractivity contribution < 1.29 is 27.1 Å². The molecule has 112 valence electrons. The second-order valence-corrected chi connectivity index (χ2v) is 4.09. The summed E-state index contributed by atoms with van der Waals surface area (Å²) >= 11 is 0. The van der Waals surface area contributed by atoms with Gasteiger partial charge in [0.2, 0.25) is 0 Å². The molecule has 0 bridgehead atoms. The molecule has 0 aliphatic carbocycles. The van der Waals surface area contributed by atoms with E-state index in [1.807, 2.05) is 0 Å². The third-order valence-corrected chi connectivity index (χ3v) is 2.62. The number of methoxy groups -OCH3 is 1. The van der Waals surface area contributed by atoms with Crippen LogP contribution in [0.1, 0.15) is 16.1 Å². The van der Waals surface area contributed by atoms with Gasteiger partial charge in [0.1, 0.15) is 11.6 Å². The van der Waals surface area contributed by atoms with Crippen LogP contribution < -0.4 is 4.74 Å². The lowest BCUT2D eigenvalue weighted by Crippen LogP contribution is -2.23. The van der Waals surface area contributed by atoms with Crippen LogP contribution in [0.4, 0.5) is 17.6 Å². The molecule has 2 rings (SSSR count). The van der Waals surface area contributed by atoms with E-state index in [1.165, 1.54) is 19.2 Å². The van der Waals surface area contributed by atoms with Gasteiger partial charge >= 0.3 is 6.18 Å².